The molecule has 0 radical (unpaired) electrons. The molecule has 2 nitrogen and oxygen atoms in total. The number of hydrogen-bond acceptors (Lipinski definition) is 3. The van der Waals surface area contributed by atoms with Crippen molar-refractivity contribution >= 4 is 17.1 Å². The Morgan fingerprint density at radius 2 is 2.06 bits per heavy atom. The fraction of sp³-hybridized carbons (Fsp3) is 0.643. The van der Waals surface area contributed by atoms with Gasteiger partial charge in [-0.05, 0) is 39.8 Å². The fourth-order valence-corrected chi connectivity index (χ4v) is 3.64. The predicted octanol–water partition coefficient (Wildman–Crippen LogP) is 3.42. The number of likely N-dealkylation sites (N-methyl/N-ethyl adjacent to an activating group) is 1. The van der Waals surface area contributed by atoms with E-state index in [1.54, 1.807) is 11.3 Å². The minimum Gasteiger partial charge on any atom is -0.296 e. The summed E-state index contributed by atoms with van der Waals surface area (Å²) >= 11 is 1.72. The number of rotatable bonds is 4. The minimum absolute atomic E-state index is 0.279. The maximum Gasteiger partial charge on any atom is 0.177 e. The van der Waals surface area contributed by atoms with E-state index in [2.05, 4.69) is 18.9 Å². The van der Waals surface area contributed by atoms with E-state index in [1.165, 1.54) is 30.6 Å². The van der Waals surface area contributed by atoms with Gasteiger partial charge in [0.25, 0.3) is 0 Å². The summed E-state index contributed by atoms with van der Waals surface area (Å²) in [4.78, 5) is 16.8. The number of nitrogens with zero attached hydrogens (tertiary/aromatic N) is 1. The molecule has 0 unspecified atom stereocenters. The molecule has 0 aliphatic heterocycles. The molecule has 1 aliphatic rings. The standard InChI is InChI=1S/C14H21NOS/c1-10-8-13(11(2)17-10)14(16)9-15(3)12-6-4-5-7-12/h8,12H,4-7,9H2,1-3H3. The van der Waals surface area contributed by atoms with Crippen LogP contribution in [0.3, 0.4) is 0 Å². The van der Waals surface area contributed by atoms with E-state index in [9.17, 15) is 4.79 Å². The van der Waals surface area contributed by atoms with E-state index in [-0.39, 0.29) is 5.78 Å². The molecule has 2 rings (SSSR count). The van der Waals surface area contributed by atoms with Gasteiger partial charge in [-0.25, -0.2) is 0 Å². The SMILES string of the molecule is Cc1cc(C(=O)CN(C)C2CCCC2)c(C)s1. The van der Waals surface area contributed by atoms with Gasteiger partial charge in [0.2, 0.25) is 0 Å². The molecule has 1 fully saturated rings. The first-order chi connectivity index (χ1) is 8.08. The van der Waals surface area contributed by atoms with Crippen LogP contribution >= 0.6 is 11.3 Å². The Kier molecular flexibility index (Phi) is 4.00. The second-order valence-electron chi connectivity index (χ2n) is 5.10. The van der Waals surface area contributed by atoms with E-state index < -0.39 is 0 Å². The van der Waals surface area contributed by atoms with E-state index in [4.69, 9.17) is 0 Å². The van der Waals surface area contributed by atoms with Crippen LogP contribution in [0.25, 0.3) is 0 Å². The van der Waals surface area contributed by atoms with Gasteiger partial charge in [-0.1, -0.05) is 12.8 Å². The monoisotopic (exact) mass is 251 g/mol. The summed E-state index contributed by atoms with van der Waals surface area (Å²) in [6.45, 7) is 4.68. The summed E-state index contributed by atoms with van der Waals surface area (Å²) in [7, 11) is 2.09. The Bertz CT molecular complexity index is 404. The van der Waals surface area contributed by atoms with Gasteiger partial charge < -0.3 is 0 Å². The Labute approximate surface area is 108 Å². The summed E-state index contributed by atoms with van der Waals surface area (Å²) in [5.41, 5.74) is 0.928. The highest BCUT2D eigenvalue weighted by Crippen LogP contribution is 2.24. The summed E-state index contributed by atoms with van der Waals surface area (Å²) in [5.74, 6) is 0.279. The van der Waals surface area contributed by atoms with E-state index in [0.717, 1.165) is 10.4 Å². The summed E-state index contributed by atoms with van der Waals surface area (Å²) < 4.78 is 0. The zero-order valence-corrected chi connectivity index (χ0v) is 11.8. The lowest BCUT2D eigenvalue weighted by Gasteiger charge is -2.22. The van der Waals surface area contributed by atoms with E-state index >= 15 is 0 Å². The number of ketones is 1. The van der Waals surface area contributed by atoms with Crippen LogP contribution < -0.4 is 0 Å². The molecule has 0 N–H and O–H groups in total. The quantitative estimate of drug-likeness (QED) is 0.764. The Balaban J connectivity index is 1.98. The molecule has 0 atom stereocenters. The van der Waals surface area contributed by atoms with E-state index in [0.29, 0.717) is 12.6 Å². The van der Waals surface area contributed by atoms with Gasteiger partial charge in [0.1, 0.15) is 0 Å². The van der Waals surface area contributed by atoms with Crippen molar-refractivity contribution in [3.63, 3.8) is 0 Å². The molecule has 1 aliphatic carbocycles. The number of carbonyl (C=O) groups is 1. The summed E-state index contributed by atoms with van der Waals surface area (Å²) in [6.07, 6.45) is 5.15. The first-order valence-corrected chi connectivity index (χ1v) is 7.20. The van der Waals surface area contributed by atoms with Crippen LogP contribution in [0.2, 0.25) is 0 Å². The molecular formula is C14H21NOS. The van der Waals surface area contributed by atoms with Crippen molar-refractivity contribution in [2.75, 3.05) is 13.6 Å². The Morgan fingerprint density at radius 3 is 2.59 bits per heavy atom. The van der Waals surface area contributed by atoms with Crippen molar-refractivity contribution in [1.82, 2.24) is 4.90 Å². The predicted molar refractivity (Wildman–Crippen MR) is 73.0 cm³/mol. The molecule has 0 saturated heterocycles. The average molecular weight is 251 g/mol. The number of carbonyl (C=O) groups excluding carboxylic acids is 1. The highest BCUT2D eigenvalue weighted by atomic mass is 32.1. The third kappa shape index (κ3) is 2.96. The second kappa shape index (κ2) is 5.32. The molecule has 1 heterocycles. The van der Waals surface area contributed by atoms with Crippen LogP contribution in [0, 0.1) is 13.8 Å². The first-order valence-electron chi connectivity index (χ1n) is 6.38. The van der Waals surface area contributed by atoms with Crippen LogP contribution in [0.5, 0.6) is 0 Å². The highest BCUT2D eigenvalue weighted by molar-refractivity contribution is 7.12. The average Bonchev–Trinajstić information content (AvgIpc) is 2.87. The third-order valence-electron chi connectivity index (χ3n) is 3.68. The molecular weight excluding hydrogens is 230 g/mol. The number of hydrogen-bond donors (Lipinski definition) is 0. The number of aryl methyl sites for hydroxylation is 2. The van der Waals surface area contributed by atoms with Gasteiger partial charge >= 0.3 is 0 Å². The van der Waals surface area contributed by atoms with Crippen molar-refractivity contribution in [2.24, 2.45) is 0 Å². The van der Waals surface area contributed by atoms with Gasteiger partial charge in [-0.15, -0.1) is 11.3 Å². The summed E-state index contributed by atoms with van der Waals surface area (Å²) in [6, 6.07) is 2.66. The zero-order valence-electron chi connectivity index (χ0n) is 11.0. The molecule has 3 heteroatoms. The summed E-state index contributed by atoms with van der Waals surface area (Å²) in [5, 5.41) is 0. The maximum atomic E-state index is 12.2. The first kappa shape index (κ1) is 12.8. The fourth-order valence-electron chi connectivity index (χ4n) is 2.69. The minimum atomic E-state index is 0.279. The van der Waals surface area contributed by atoms with Crippen molar-refractivity contribution in [3.8, 4) is 0 Å². The van der Waals surface area contributed by atoms with Crippen molar-refractivity contribution in [1.29, 1.82) is 0 Å². The molecule has 0 amide bonds. The lowest BCUT2D eigenvalue weighted by molar-refractivity contribution is 0.0921. The highest BCUT2D eigenvalue weighted by Gasteiger charge is 2.22. The lowest BCUT2D eigenvalue weighted by atomic mass is 10.1. The molecule has 0 aromatic carbocycles. The number of thiophene rings is 1. The molecule has 0 spiro atoms. The largest absolute Gasteiger partial charge is 0.296 e. The van der Waals surface area contributed by atoms with Crippen molar-refractivity contribution in [2.45, 2.75) is 45.6 Å². The van der Waals surface area contributed by atoms with Crippen molar-refractivity contribution < 1.29 is 4.79 Å². The molecule has 1 saturated carbocycles. The van der Waals surface area contributed by atoms with Gasteiger partial charge in [0.15, 0.2) is 5.78 Å². The van der Waals surface area contributed by atoms with Crippen molar-refractivity contribution in [3.05, 3.63) is 21.4 Å². The third-order valence-corrected chi connectivity index (χ3v) is 4.65. The van der Waals surface area contributed by atoms with Gasteiger partial charge in [0.05, 0.1) is 6.54 Å². The normalized spacial score (nSPS) is 16.9. The van der Waals surface area contributed by atoms with Crippen LogP contribution in [-0.2, 0) is 0 Å². The maximum absolute atomic E-state index is 12.2. The Hall–Kier alpha value is -0.670. The van der Waals surface area contributed by atoms with Crippen LogP contribution in [0.1, 0.15) is 45.8 Å². The topological polar surface area (TPSA) is 20.3 Å². The van der Waals surface area contributed by atoms with Crippen LogP contribution in [0.4, 0.5) is 0 Å². The van der Waals surface area contributed by atoms with Gasteiger partial charge in [-0.2, -0.15) is 0 Å². The van der Waals surface area contributed by atoms with E-state index in [1.807, 2.05) is 13.0 Å². The Morgan fingerprint density at radius 1 is 1.41 bits per heavy atom. The molecule has 0 bridgehead atoms. The zero-order chi connectivity index (χ0) is 12.4. The van der Waals surface area contributed by atoms with Gasteiger partial charge in [-0.3, -0.25) is 9.69 Å². The molecule has 1 aromatic rings. The molecule has 94 valence electrons. The number of Topliss-reactive ketones (excluding diaryl/α,β-unsaturated/α-hetero) is 1. The molecule has 1 aromatic heterocycles. The van der Waals surface area contributed by atoms with Crippen LogP contribution in [-0.4, -0.2) is 30.3 Å². The van der Waals surface area contributed by atoms with Gasteiger partial charge in [0, 0.05) is 21.4 Å². The van der Waals surface area contributed by atoms with Crippen LogP contribution in [0.15, 0.2) is 6.07 Å². The lowest BCUT2D eigenvalue weighted by Crippen LogP contribution is -2.34. The molecule has 17 heavy (non-hydrogen) atoms. The second-order valence-corrected chi connectivity index (χ2v) is 6.56. The smallest absolute Gasteiger partial charge is 0.177 e.